The molecule has 0 aliphatic carbocycles. The fourth-order valence-corrected chi connectivity index (χ4v) is 3.96. The first kappa shape index (κ1) is 18.2. The lowest BCUT2D eigenvalue weighted by atomic mass is 10.2. The number of aromatic amines is 1. The molecule has 6 nitrogen and oxygen atoms in total. The van der Waals surface area contributed by atoms with Gasteiger partial charge in [0.15, 0.2) is 5.78 Å². The zero-order valence-corrected chi connectivity index (χ0v) is 16.0. The summed E-state index contributed by atoms with van der Waals surface area (Å²) in [6.45, 7) is 7.86. The Kier molecular flexibility index (Phi) is 5.96. The highest BCUT2D eigenvalue weighted by molar-refractivity contribution is 7.99. The van der Waals surface area contributed by atoms with Gasteiger partial charge in [-0.05, 0) is 39.2 Å². The predicted molar refractivity (Wildman–Crippen MR) is 98.3 cm³/mol. The van der Waals surface area contributed by atoms with Crippen molar-refractivity contribution >= 4 is 17.5 Å². The molecule has 136 valence electrons. The average Bonchev–Trinajstić information content (AvgIpc) is 3.31. The quantitative estimate of drug-likeness (QED) is 0.576. The van der Waals surface area contributed by atoms with Crippen LogP contribution in [0.4, 0.5) is 0 Å². The number of H-pyrrole nitrogens is 1. The Balaban J connectivity index is 1.63. The molecule has 1 aliphatic heterocycles. The Morgan fingerprint density at radius 2 is 2.32 bits per heavy atom. The smallest absolute Gasteiger partial charge is 0.208 e. The molecule has 1 unspecified atom stereocenters. The highest BCUT2D eigenvalue weighted by Gasteiger charge is 2.21. The molecule has 1 N–H and O–H groups in total. The van der Waals surface area contributed by atoms with Gasteiger partial charge in [-0.1, -0.05) is 18.7 Å². The van der Waals surface area contributed by atoms with Gasteiger partial charge in [-0.15, -0.1) is 5.10 Å². The van der Waals surface area contributed by atoms with E-state index in [1.807, 2.05) is 13.0 Å². The molecule has 25 heavy (non-hydrogen) atoms. The van der Waals surface area contributed by atoms with Crippen molar-refractivity contribution in [3.05, 3.63) is 28.8 Å². The van der Waals surface area contributed by atoms with Gasteiger partial charge >= 0.3 is 0 Å². The maximum Gasteiger partial charge on any atom is 0.208 e. The lowest BCUT2D eigenvalue weighted by Gasteiger charge is -2.14. The van der Waals surface area contributed by atoms with E-state index in [0.717, 1.165) is 61.6 Å². The molecule has 3 heterocycles. The summed E-state index contributed by atoms with van der Waals surface area (Å²) < 4.78 is 7.94. The second kappa shape index (κ2) is 8.19. The number of aromatic nitrogens is 4. The molecule has 2 aromatic rings. The maximum absolute atomic E-state index is 12.6. The van der Waals surface area contributed by atoms with Crippen molar-refractivity contribution in [1.82, 2.24) is 19.7 Å². The molecule has 0 bridgehead atoms. The van der Waals surface area contributed by atoms with E-state index in [0.29, 0.717) is 10.9 Å². The second-order valence-corrected chi connectivity index (χ2v) is 7.50. The third-order valence-electron chi connectivity index (χ3n) is 4.61. The predicted octanol–water partition coefficient (Wildman–Crippen LogP) is 3.33. The number of nitrogens with zero attached hydrogens (tertiary/aromatic N) is 3. The summed E-state index contributed by atoms with van der Waals surface area (Å²) in [7, 11) is 0. The van der Waals surface area contributed by atoms with Crippen LogP contribution >= 0.6 is 11.8 Å². The summed E-state index contributed by atoms with van der Waals surface area (Å²) in [6.07, 6.45) is 4.40. The summed E-state index contributed by atoms with van der Waals surface area (Å²) in [6, 6.07) is 1.99. The molecule has 0 spiro atoms. The van der Waals surface area contributed by atoms with E-state index < -0.39 is 0 Å². The number of ether oxygens (including phenoxy) is 1. The average molecular weight is 362 g/mol. The third-order valence-corrected chi connectivity index (χ3v) is 5.46. The highest BCUT2D eigenvalue weighted by Crippen LogP contribution is 2.22. The van der Waals surface area contributed by atoms with Crippen LogP contribution < -0.4 is 0 Å². The van der Waals surface area contributed by atoms with Crippen LogP contribution in [-0.2, 0) is 17.7 Å². The number of Topliss-reactive ketones (excluding diaryl/α,β-unsaturated/α-hetero) is 1. The fraction of sp³-hybridized carbons (Fsp3) is 0.611. The SMILES string of the molecule is CCCc1nc(SCC(=O)c2cc(C)n(CC3CCCO3)c2C)n[nH]1. The van der Waals surface area contributed by atoms with Crippen LogP contribution in [-0.4, -0.2) is 44.0 Å². The van der Waals surface area contributed by atoms with Gasteiger partial charge in [0, 0.05) is 36.5 Å². The van der Waals surface area contributed by atoms with E-state index in [4.69, 9.17) is 4.74 Å². The molecular formula is C18H26N4O2S. The Morgan fingerprint density at radius 3 is 3.04 bits per heavy atom. The summed E-state index contributed by atoms with van der Waals surface area (Å²) in [5, 5.41) is 7.73. The van der Waals surface area contributed by atoms with Crippen LogP contribution in [0, 0.1) is 13.8 Å². The van der Waals surface area contributed by atoms with Gasteiger partial charge in [-0.2, -0.15) is 0 Å². The number of nitrogens with one attached hydrogen (secondary N) is 1. The number of hydrogen-bond acceptors (Lipinski definition) is 5. The van der Waals surface area contributed by atoms with E-state index in [1.54, 1.807) is 0 Å². The number of hydrogen-bond donors (Lipinski definition) is 1. The van der Waals surface area contributed by atoms with Gasteiger partial charge in [0.2, 0.25) is 5.16 Å². The van der Waals surface area contributed by atoms with Crippen molar-refractivity contribution in [2.75, 3.05) is 12.4 Å². The van der Waals surface area contributed by atoms with Gasteiger partial charge < -0.3 is 9.30 Å². The van der Waals surface area contributed by atoms with E-state index >= 15 is 0 Å². The standard InChI is InChI=1S/C18H26N4O2S/c1-4-6-17-19-18(21-20-17)25-11-16(23)15-9-12(2)22(13(15)3)10-14-7-5-8-24-14/h9,14H,4-8,10-11H2,1-3H3,(H,19,20,21). The van der Waals surface area contributed by atoms with E-state index in [-0.39, 0.29) is 11.9 Å². The Bertz CT molecular complexity index is 732. The first-order valence-corrected chi connectivity index (χ1v) is 9.92. The van der Waals surface area contributed by atoms with Crippen molar-refractivity contribution in [3.8, 4) is 0 Å². The zero-order valence-electron chi connectivity index (χ0n) is 15.2. The number of ketones is 1. The first-order valence-electron chi connectivity index (χ1n) is 8.94. The van der Waals surface area contributed by atoms with Crippen molar-refractivity contribution in [1.29, 1.82) is 0 Å². The van der Waals surface area contributed by atoms with Crippen molar-refractivity contribution in [2.24, 2.45) is 0 Å². The zero-order chi connectivity index (χ0) is 17.8. The summed E-state index contributed by atoms with van der Waals surface area (Å²) in [4.78, 5) is 17.0. The van der Waals surface area contributed by atoms with Crippen LogP contribution in [0.1, 0.15) is 53.8 Å². The van der Waals surface area contributed by atoms with Crippen molar-refractivity contribution < 1.29 is 9.53 Å². The Morgan fingerprint density at radius 1 is 1.48 bits per heavy atom. The summed E-state index contributed by atoms with van der Waals surface area (Å²) in [5.74, 6) is 1.36. The van der Waals surface area contributed by atoms with Gasteiger partial charge in [-0.3, -0.25) is 9.89 Å². The van der Waals surface area contributed by atoms with E-state index in [2.05, 4.69) is 33.6 Å². The van der Waals surface area contributed by atoms with Gasteiger partial charge in [0.05, 0.1) is 11.9 Å². The number of rotatable bonds is 8. The molecular weight excluding hydrogens is 336 g/mol. The van der Waals surface area contributed by atoms with Gasteiger partial charge in [0.1, 0.15) is 5.82 Å². The molecule has 0 aromatic carbocycles. The summed E-state index contributed by atoms with van der Waals surface area (Å²) >= 11 is 1.39. The minimum absolute atomic E-state index is 0.124. The first-order chi connectivity index (χ1) is 12.1. The lowest BCUT2D eigenvalue weighted by molar-refractivity contribution is 0.0957. The largest absolute Gasteiger partial charge is 0.376 e. The van der Waals surface area contributed by atoms with Crippen LogP contribution in [0.5, 0.6) is 0 Å². The summed E-state index contributed by atoms with van der Waals surface area (Å²) in [5.41, 5.74) is 2.94. The molecule has 0 radical (unpaired) electrons. The van der Waals surface area contributed by atoms with E-state index in [1.165, 1.54) is 11.8 Å². The lowest BCUT2D eigenvalue weighted by Crippen LogP contribution is -2.17. The normalized spacial score (nSPS) is 17.3. The molecule has 1 saturated heterocycles. The topological polar surface area (TPSA) is 72.8 Å². The molecule has 0 saturated carbocycles. The molecule has 3 rings (SSSR count). The molecule has 7 heteroatoms. The van der Waals surface area contributed by atoms with Gasteiger partial charge in [0.25, 0.3) is 0 Å². The van der Waals surface area contributed by atoms with Crippen LogP contribution in [0.3, 0.4) is 0 Å². The number of carbonyl (C=O) groups is 1. The molecule has 1 fully saturated rings. The van der Waals surface area contributed by atoms with Crippen molar-refractivity contribution in [3.63, 3.8) is 0 Å². The van der Waals surface area contributed by atoms with Crippen molar-refractivity contribution in [2.45, 2.75) is 64.3 Å². The molecule has 0 amide bonds. The monoisotopic (exact) mass is 362 g/mol. The van der Waals surface area contributed by atoms with Crippen LogP contribution in [0.15, 0.2) is 11.2 Å². The molecule has 1 aliphatic rings. The Labute approximate surface area is 152 Å². The molecule has 1 atom stereocenters. The third kappa shape index (κ3) is 4.33. The maximum atomic E-state index is 12.6. The highest BCUT2D eigenvalue weighted by atomic mass is 32.2. The van der Waals surface area contributed by atoms with Crippen LogP contribution in [0.2, 0.25) is 0 Å². The van der Waals surface area contributed by atoms with Gasteiger partial charge in [-0.25, -0.2) is 4.98 Å². The second-order valence-electron chi connectivity index (χ2n) is 6.56. The Hall–Kier alpha value is -1.60. The molecule has 2 aromatic heterocycles. The number of aryl methyl sites for hydroxylation is 2. The fourth-order valence-electron chi connectivity index (χ4n) is 3.26. The number of carbonyl (C=O) groups excluding carboxylic acids is 1. The van der Waals surface area contributed by atoms with Crippen LogP contribution in [0.25, 0.3) is 0 Å². The minimum Gasteiger partial charge on any atom is -0.376 e. The minimum atomic E-state index is 0.124. The van der Waals surface area contributed by atoms with E-state index in [9.17, 15) is 4.79 Å². The number of thioether (sulfide) groups is 1.